The number of hydrogen-bond donors (Lipinski definition) is 0. The zero-order valence-corrected chi connectivity index (χ0v) is 14.7. The van der Waals surface area contributed by atoms with Crippen molar-refractivity contribution in [1.82, 2.24) is 0 Å². The molecule has 18 heavy (non-hydrogen) atoms. The standard InChI is InChI=1S/C12H17BClIO2P/c1-9(8-14)12(2,3)17-13-10-4-6-11(7-5-10)16-18-15/h4-7,9,18H,8H2,1-3H3. The van der Waals surface area contributed by atoms with Gasteiger partial charge in [0.1, 0.15) is 12.2 Å². The molecule has 0 amide bonds. The second kappa shape index (κ2) is 7.93. The maximum absolute atomic E-state index is 5.86. The van der Waals surface area contributed by atoms with E-state index in [1.807, 2.05) is 38.1 Å². The van der Waals surface area contributed by atoms with Crippen LogP contribution < -0.4 is 9.99 Å². The number of alkyl halides is 1. The van der Waals surface area contributed by atoms with Crippen LogP contribution in [0.15, 0.2) is 24.3 Å². The van der Waals surface area contributed by atoms with E-state index in [2.05, 4.69) is 29.0 Å². The van der Waals surface area contributed by atoms with E-state index in [0.717, 1.165) is 11.2 Å². The van der Waals surface area contributed by atoms with Crippen molar-refractivity contribution in [1.29, 1.82) is 0 Å². The smallest absolute Gasteiger partial charge is 0.330 e. The second-order valence-corrected chi connectivity index (χ2v) is 6.63. The predicted molar refractivity (Wildman–Crippen MR) is 89.8 cm³/mol. The quantitative estimate of drug-likeness (QED) is 0.301. The van der Waals surface area contributed by atoms with E-state index < -0.39 is 0 Å². The third-order valence-corrected chi connectivity index (χ3v) is 4.39. The summed E-state index contributed by atoms with van der Waals surface area (Å²) in [7, 11) is 1.78. The zero-order chi connectivity index (χ0) is 13.6. The number of rotatable bonds is 7. The Hall–Kier alpha value is 0.495. The van der Waals surface area contributed by atoms with Gasteiger partial charge in [0.15, 0.2) is 0 Å². The molecule has 2 unspecified atom stereocenters. The first-order chi connectivity index (χ1) is 8.49. The molecule has 0 heterocycles. The molecule has 0 aliphatic rings. The predicted octanol–water partition coefficient (Wildman–Crippen LogP) is 3.92. The lowest BCUT2D eigenvalue weighted by molar-refractivity contribution is 0.0684. The molecule has 1 radical (unpaired) electrons. The van der Waals surface area contributed by atoms with Crippen molar-refractivity contribution in [3.63, 3.8) is 0 Å². The van der Waals surface area contributed by atoms with Crippen molar-refractivity contribution >= 4 is 53.0 Å². The second-order valence-electron chi connectivity index (χ2n) is 4.64. The Morgan fingerprint density at radius 3 is 2.50 bits per heavy atom. The van der Waals surface area contributed by atoms with Gasteiger partial charge in [-0.3, -0.25) is 0 Å². The van der Waals surface area contributed by atoms with Gasteiger partial charge in [-0.15, -0.1) is 11.6 Å². The van der Waals surface area contributed by atoms with E-state index in [0.29, 0.717) is 18.2 Å². The van der Waals surface area contributed by atoms with E-state index in [9.17, 15) is 0 Å². The van der Waals surface area contributed by atoms with Gasteiger partial charge in [0.05, 0.1) is 0 Å². The molecule has 2 nitrogen and oxygen atoms in total. The number of hydrogen-bond acceptors (Lipinski definition) is 2. The van der Waals surface area contributed by atoms with E-state index in [4.69, 9.17) is 20.8 Å². The first-order valence-corrected chi connectivity index (χ1v) is 10.2. The summed E-state index contributed by atoms with van der Waals surface area (Å²) in [6, 6.07) is 7.85. The number of halogens is 2. The normalized spacial score (nSPS) is 13.8. The third kappa shape index (κ3) is 5.24. The first kappa shape index (κ1) is 16.5. The first-order valence-electron chi connectivity index (χ1n) is 5.69. The van der Waals surface area contributed by atoms with Crippen LogP contribution in [0.5, 0.6) is 5.75 Å². The SMILES string of the molecule is CC(CCl)C(C)(C)O[B]c1ccc(OPI)cc1. The maximum atomic E-state index is 5.86. The summed E-state index contributed by atoms with van der Waals surface area (Å²) in [5.41, 5.74) is 0.759. The molecule has 0 N–H and O–H groups in total. The molecule has 1 aromatic carbocycles. The average molecular weight is 397 g/mol. The van der Waals surface area contributed by atoms with Crippen LogP contribution in [0.1, 0.15) is 20.8 Å². The van der Waals surface area contributed by atoms with Crippen molar-refractivity contribution in [3.8, 4) is 5.75 Å². The molecular weight excluding hydrogens is 380 g/mol. The van der Waals surface area contributed by atoms with Crippen molar-refractivity contribution in [2.24, 2.45) is 5.92 Å². The summed E-state index contributed by atoms with van der Waals surface area (Å²) in [6.07, 6.45) is 0. The van der Waals surface area contributed by atoms with E-state index in [1.54, 1.807) is 7.48 Å². The Balaban J connectivity index is 2.53. The molecule has 99 valence electrons. The molecule has 0 aliphatic heterocycles. The van der Waals surface area contributed by atoms with E-state index >= 15 is 0 Å². The highest BCUT2D eigenvalue weighted by molar-refractivity contribution is 14.2. The maximum Gasteiger partial charge on any atom is 0.330 e. The Morgan fingerprint density at radius 2 is 2.00 bits per heavy atom. The van der Waals surface area contributed by atoms with Gasteiger partial charge in [0, 0.05) is 11.5 Å². The highest BCUT2D eigenvalue weighted by atomic mass is 127. The van der Waals surface area contributed by atoms with Crippen LogP contribution in [0.2, 0.25) is 0 Å². The molecule has 0 spiro atoms. The van der Waals surface area contributed by atoms with Crippen LogP contribution in [0, 0.1) is 5.92 Å². The van der Waals surface area contributed by atoms with Crippen molar-refractivity contribution in [2.45, 2.75) is 26.4 Å². The molecule has 0 bridgehead atoms. The summed E-state index contributed by atoms with van der Waals surface area (Å²) in [5, 5.41) is 0. The fourth-order valence-electron chi connectivity index (χ4n) is 1.18. The Morgan fingerprint density at radius 1 is 1.39 bits per heavy atom. The summed E-state index contributed by atoms with van der Waals surface area (Å²) in [6.45, 7) is 6.61. The lowest BCUT2D eigenvalue weighted by Gasteiger charge is -2.31. The highest BCUT2D eigenvalue weighted by Crippen LogP contribution is 2.25. The van der Waals surface area contributed by atoms with Gasteiger partial charge >= 0.3 is 7.48 Å². The van der Waals surface area contributed by atoms with Crippen LogP contribution in [0.3, 0.4) is 0 Å². The van der Waals surface area contributed by atoms with Gasteiger partial charge < -0.3 is 9.18 Å². The largest absolute Gasteiger partial charge is 0.467 e. The third-order valence-electron chi connectivity index (χ3n) is 2.95. The van der Waals surface area contributed by atoms with Gasteiger partial charge in [0.2, 0.25) is 0 Å². The van der Waals surface area contributed by atoms with Crippen LogP contribution in [0.25, 0.3) is 0 Å². The molecular formula is C12H17BClIO2P. The van der Waals surface area contributed by atoms with Gasteiger partial charge in [0.25, 0.3) is 0 Å². The van der Waals surface area contributed by atoms with Crippen molar-refractivity contribution in [2.75, 3.05) is 5.88 Å². The average Bonchev–Trinajstić information content (AvgIpc) is 2.37. The zero-order valence-electron chi connectivity index (χ0n) is 10.7. The Kier molecular flexibility index (Phi) is 7.29. The van der Waals surface area contributed by atoms with Crippen LogP contribution in [-0.2, 0) is 4.65 Å². The minimum atomic E-state index is -0.263. The van der Waals surface area contributed by atoms with E-state index in [1.165, 1.54) is 0 Å². The van der Waals surface area contributed by atoms with Crippen LogP contribution >= 0.6 is 40.1 Å². The van der Waals surface area contributed by atoms with Crippen molar-refractivity contribution in [3.05, 3.63) is 24.3 Å². The summed E-state index contributed by atoms with van der Waals surface area (Å²) in [5.74, 6) is 1.76. The fourth-order valence-corrected chi connectivity index (χ4v) is 2.54. The lowest BCUT2D eigenvalue weighted by atomic mass is 9.84. The Bertz CT molecular complexity index is 362. The minimum Gasteiger partial charge on any atom is -0.467 e. The summed E-state index contributed by atoms with van der Waals surface area (Å²) in [4.78, 5) is 0. The molecule has 0 aliphatic carbocycles. The van der Waals surface area contributed by atoms with Gasteiger partial charge in [-0.25, -0.2) is 0 Å². The molecule has 2 atom stereocenters. The highest BCUT2D eigenvalue weighted by Gasteiger charge is 2.25. The van der Waals surface area contributed by atoms with Crippen molar-refractivity contribution < 1.29 is 9.18 Å². The lowest BCUT2D eigenvalue weighted by Crippen LogP contribution is -2.38. The van der Waals surface area contributed by atoms with Crippen LogP contribution in [0.4, 0.5) is 0 Å². The summed E-state index contributed by atoms with van der Waals surface area (Å²) < 4.78 is 11.2. The van der Waals surface area contributed by atoms with Gasteiger partial charge in [-0.05, 0) is 53.9 Å². The van der Waals surface area contributed by atoms with E-state index in [-0.39, 0.29) is 5.60 Å². The fraction of sp³-hybridized carbons (Fsp3) is 0.500. The monoisotopic (exact) mass is 397 g/mol. The Labute approximate surface area is 130 Å². The minimum absolute atomic E-state index is 0.263. The molecule has 0 aromatic heterocycles. The molecule has 6 heteroatoms. The topological polar surface area (TPSA) is 18.5 Å². The molecule has 0 saturated heterocycles. The molecule has 1 rings (SSSR count). The number of benzene rings is 1. The van der Waals surface area contributed by atoms with Gasteiger partial charge in [-0.2, -0.15) is 0 Å². The van der Waals surface area contributed by atoms with Gasteiger partial charge in [-0.1, -0.05) is 24.5 Å². The summed E-state index contributed by atoms with van der Waals surface area (Å²) >= 11 is 8.06. The molecule has 0 saturated carbocycles. The molecule has 1 aromatic rings. The van der Waals surface area contributed by atoms with Crippen LogP contribution in [-0.4, -0.2) is 19.0 Å². The molecule has 0 fully saturated rings.